The van der Waals surface area contributed by atoms with Crippen LogP contribution in [-0.4, -0.2) is 11.8 Å². The second-order valence-corrected chi connectivity index (χ2v) is 6.74. The Morgan fingerprint density at radius 2 is 1.95 bits per heavy atom. The Bertz CT molecular complexity index is 523. The lowest BCUT2D eigenvalue weighted by Crippen LogP contribution is -2.24. The van der Waals surface area contributed by atoms with Gasteiger partial charge in [0.25, 0.3) is 0 Å². The Morgan fingerprint density at radius 3 is 2.77 bits per heavy atom. The molecule has 0 radical (unpaired) electrons. The molecule has 0 heterocycles. The molecule has 0 saturated heterocycles. The molecule has 3 heteroatoms. The summed E-state index contributed by atoms with van der Waals surface area (Å²) in [7, 11) is 0. The first-order chi connectivity index (χ1) is 10.7. The van der Waals surface area contributed by atoms with E-state index >= 15 is 0 Å². The van der Waals surface area contributed by atoms with E-state index in [0.717, 1.165) is 44.1 Å². The van der Waals surface area contributed by atoms with Crippen molar-refractivity contribution in [1.82, 2.24) is 0 Å². The van der Waals surface area contributed by atoms with Crippen LogP contribution in [0.25, 0.3) is 0 Å². The van der Waals surface area contributed by atoms with Gasteiger partial charge in [0.05, 0.1) is 0 Å². The molecule has 3 atom stereocenters. The van der Waals surface area contributed by atoms with Crippen molar-refractivity contribution in [2.24, 2.45) is 17.8 Å². The summed E-state index contributed by atoms with van der Waals surface area (Å²) >= 11 is 0. The second-order valence-electron chi connectivity index (χ2n) is 6.74. The summed E-state index contributed by atoms with van der Waals surface area (Å²) in [6, 6.07) is 9.78. The number of esters is 1. The van der Waals surface area contributed by atoms with Crippen molar-refractivity contribution in [3.63, 3.8) is 0 Å². The molecular weight excluding hydrogens is 276 g/mol. The zero-order valence-electron chi connectivity index (χ0n) is 13.0. The number of ketones is 1. The summed E-state index contributed by atoms with van der Waals surface area (Å²) in [6.07, 6.45) is 6.52. The highest BCUT2D eigenvalue weighted by Gasteiger charge is 2.39. The smallest absolute Gasteiger partial charge is 0.306 e. The summed E-state index contributed by atoms with van der Waals surface area (Å²) in [5.41, 5.74) is 1.03. The molecule has 0 amide bonds. The molecule has 0 spiro atoms. The largest absolute Gasteiger partial charge is 0.461 e. The lowest BCUT2D eigenvalue weighted by molar-refractivity contribution is -0.145. The number of rotatable bonds is 5. The van der Waals surface area contributed by atoms with Gasteiger partial charge >= 0.3 is 5.97 Å². The maximum Gasteiger partial charge on any atom is 0.306 e. The van der Waals surface area contributed by atoms with E-state index < -0.39 is 0 Å². The monoisotopic (exact) mass is 300 g/mol. The van der Waals surface area contributed by atoms with Gasteiger partial charge in [0, 0.05) is 18.8 Å². The molecule has 3 rings (SSSR count). The van der Waals surface area contributed by atoms with E-state index in [2.05, 4.69) is 0 Å². The third-order valence-electron chi connectivity index (χ3n) is 5.27. The third-order valence-corrected chi connectivity index (χ3v) is 5.27. The van der Waals surface area contributed by atoms with Gasteiger partial charge < -0.3 is 4.74 Å². The number of fused-ring (bicyclic) bond motifs is 1. The number of ether oxygens (including phenoxy) is 1. The molecule has 2 saturated carbocycles. The van der Waals surface area contributed by atoms with Gasteiger partial charge in [-0.3, -0.25) is 9.59 Å². The van der Waals surface area contributed by atoms with E-state index in [-0.39, 0.29) is 5.97 Å². The van der Waals surface area contributed by atoms with Crippen molar-refractivity contribution in [2.75, 3.05) is 0 Å². The molecule has 2 aliphatic rings. The summed E-state index contributed by atoms with van der Waals surface area (Å²) in [5.74, 6) is 1.89. The van der Waals surface area contributed by atoms with Crippen molar-refractivity contribution >= 4 is 11.8 Å². The zero-order valence-corrected chi connectivity index (χ0v) is 13.0. The van der Waals surface area contributed by atoms with E-state index in [0.29, 0.717) is 36.6 Å². The van der Waals surface area contributed by atoms with Crippen molar-refractivity contribution < 1.29 is 14.3 Å². The summed E-state index contributed by atoms with van der Waals surface area (Å²) in [4.78, 5) is 23.6. The molecule has 2 aliphatic carbocycles. The summed E-state index contributed by atoms with van der Waals surface area (Å²) in [5, 5.41) is 0. The topological polar surface area (TPSA) is 43.4 Å². The van der Waals surface area contributed by atoms with Crippen LogP contribution in [0.15, 0.2) is 30.3 Å². The lowest BCUT2D eigenvalue weighted by Gasteiger charge is -2.30. The third kappa shape index (κ3) is 3.76. The minimum atomic E-state index is -0.103. The van der Waals surface area contributed by atoms with Crippen LogP contribution in [0.2, 0.25) is 0 Å². The lowest BCUT2D eigenvalue weighted by atomic mass is 9.74. The van der Waals surface area contributed by atoms with Crippen LogP contribution >= 0.6 is 0 Å². The zero-order chi connectivity index (χ0) is 15.4. The standard InChI is InChI=1S/C19H24O3/c20-18-10-8-16-12-14(6-9-17(16)18)7-11-19(21)22-13-15-4-2-1-3-5-15/h1-5,14,16-17H,6-13H2/t14?,16?,17-/m1/s1. The van der Waals surface area contributed by atoms with E-state index in [1.807, 2.05) is 30.3 Å². The highest BCUT2D eigenvalue weighted by atomic mass is 16.5. The molecule has 22 heavy (non-hydrogen) atoms. The number of hydrogen-bond donors (Lipinski definition) is 0. The Morgan fingerprint density at radius 1 is 1.14 bits per heavy atom. The first-order valence-corrected chi connectivity index (χ1v) is 8.44. The van der Waals surface area contributed by atoms with Crippen molar-refractivity contribution in [3.05, 3.63) is 35.9 Å². The quantitative estimate of drug-likeness (QED) is 0.774. The fraction of sp³-hybridized carbons (Fsp3) is 0.579. The number of hydrogen-bond acceptors (Lipinski definition) is 3. The molecule has 1 aromatic rings. The van der Waals surface area contributed by atoms with Crippen molar-refractivity contribution in [2.45, 2.75) is 51.6 Å². The molecule has 3 nitrogen and oxygen atoms in total. The summed E-state index contributed by atoms with van der Waals surface area (Å²) < 4.78 is 5.33. The van der Waals surface area contributed by atoms with E-state index in [9.17, 15) is 9.59 Å². The Kier molecular flexibility index (Phi) is 4.91. The molecule has 118 valence electrons. The van der Waals surface area contributed by atoms with Crippen LogP contribution in [0.3, 0.4) is 0 Å². The normalized spacial score (nSPS) is 27.5. The SMILES string of the molecule is O=C(CCC1CC[C@H]2C(=O)CCC2C1)OCc1ccccc1. The van der Waals surface area contributed by atoms with Crippen molar-refractivity contribution in [1.29, 1.82) is 0 Å². The Balaban J connectivity index is 1.38. The summed E-state index contributed by atoms with van der Waals surface area (Å²) in [6.45, 7) is 0.365. The van der Waals surface area contributed by atoms with Gasteiger partial charge in [-0.25, -0.2) is 0 Å². The first-order valence-electron chi connectivity index (χ1n) is 8.44. The fourth-order valence-electron chi connectivity index (χ4n) is 4.01. The number of carbonyl (C=O) groups is 2. The Hall–Kier alpha value is -1.64. The van der Waals surface area contributed by atoms with Crippen LogP contribution in [0.1, 0.15) is 50.5 Å². The van der Waals surface area contributed by atoms with Gasteiger partial charge in [0.1, 0.15) is 12.4 Å². The van der Waals surface area contributed by atoms with E-state index in [4.69, 9.17) is 4.74 Å². The molecule has 2 fully saturated rings. The van der Waals surface area contributed by atoms with Gasteiger partial charge in [0.15, 0.2) is 0 Å². The van der Waals surface area contributed by atoms with Gasteiger partial charge in [0.2, 0.25) is 0 Å². The molecule has 1 aromatic carbocycles. The van der Waals surface area contributed by atoms with Gasteiger partial charge in [-0.05, 0) is 49.5 Å². The Labute approximate surface area is 132 Å². The molecule has 0 aliphatic heterocycles. The van der Waals surface area contributed by atoms with Gasteiger partial charge in [-0.2, -0.15) is 0 Å². The van der Waals surface area contributed by atoms with E-state index in [1.54, 1.807) is 0 Å². The predicted molar refractivity (Wildman–Crippen MR) is 84.0 cm³/mol. The highest BCUT2D eigenvalue weighted by molar-refractivity contribution is 5.83. The van der Waals surface area contributed by atoms with Crippen LogP contribution in [-0.2, 0) is 20.9 Å². The van der Waals surface area contributed by atoms with E-state index in [1.165, 1.54) is 0 Å². The van der Waals surface area contributed by atoms with Crippen LogP contribution in [0.4, 0.5) is 0 Å². The molecule has 2 unspecified atom stereocenters. The minimum Gasteiger partial charge on any atom is -0.461 e. The molecule has 0 bridgehead atoms. The second kappa shape index (κ2) is 7.08. The predicted octanol–water partition coefficient (Wildman–Crippen LogP) is 3.91. The molecule has 0 N–H and O–H groups in total. The highest BCUT2D eigenvalue weighted by Crippen LogP contribution is 2.43. The molecule has 0 aromatic heterocycles. The maximum absolute atomic E-state index is 11.9. The van der Waals surface area contributed by atoms with Gasteiger partial charge in [-0.1, -0.05) is 30.3 Å². The number of carbonyl (C=O) groups excluding carboxylic acids is 2. The van der Waals surface area contributed by atoms with Crippen molar-refractivity contribution in [3.8, 4) is 0 Å². The minimum absolute atomic E-state index is 0.103. The fourth-order valence-corrected chi connectivity index (χ4v) is 4.01. The average molecular weight is 300 g/mol. The number of benzene rings is 1. The maximum atomic E-state index is 11.9. The van der Waals surface area contributed by atoms with Crippen LogP contribution < -0.4 is 0 Å². The van der Waals surface area contributed by atoms with Crippen LogP contribution in [0.5, 0.6) is 0 Å². The first kappa shape index (κ1) is 15.3. The average Bonchev–Trinajstić information content (AvgIpc) is 2.93. The number of Topliss-reactive ketones (excluding diaryl/α,β-unsaturated/α-hetero) is 1. The van der Waals surface area contributed by atoms with Crippen LogP contribution in [0, 0.1) is 17.8 Å². The van der Waals surface area contributed by atoms with Gasteiger partial charge in [-0.15, -0.1) is 0 Å². The molecular formula is C19H24O3.